The zero-order chi connectivity index (χ0) is 21.2. The van der Waals surface area contributed by atoms with Gasteiger partial charge in [-0.05, 0) is 25.8 Å². The lowest BCUT2D eigenvalue weighted by Gasteiger charge is -2.21. The van der Waals surface area contributed by atoms with E-state index in [-0.39, 0.29) is 0 Å². The molecule has 2 aromatic carbocycles. The number of hydrogen-bond acceptors (Lipinski definition) is 7. The minimum Gasteiger partial charge on any atom is -0.496 e. The number of benzene rings is 2. The van der Waals surface area contributed by atoms with Crippen molar-refractivity contribution in [3.8, 4) is 28.5 Å². The highest BCUT2D eigenvalue weighted by atomic mass is 16.5. The van der Waals surface area contributed by atoms with Crippen LogP contribution < -0.4 is 4.74 Å². The van der Waals surface area contributed by atoms with Gasteiger partial charge in [0.2, 0.25) is 5.89 Å². The largest absolute Gasteiger partial charge is 0.496 e. The number of rotatable bonds is 8. The molecule has 0 unspecified atom stereocenters. The van der Waals surface area contributed by atoms with Crippen LogP contribution in [-0.4, -0.2) is 33.4 Å². The quantitative estimate of drug-likeness (QED) is 0.405. The predicted octanol–water partition coefficient (Wildman–Crippen LogP) is 4.87. The summed E-state index contributed by atoms with van der Waals surface area (Å²) in [4.78, 5) is 2.37. The molecule has 5 rings (SSSR count). The van der Waals surface area contributed by atoms with Crippen LogP contribution in [0.2, 0.25) is 0 Å². The number of aryl methyl sites for hydroxylation is 1. The van der Waals surface area contributed by atoms with Crippen molar-refractivity contribution in [1.82, 2.24) is 20.3 Å². The fraction of sp³-hybridized carbons (Fsp3) is 0.292. The molecule has 7 nitrogen and oxygen atoms in total. The van der Waals surface area contributed by atoms with Crippen LogP contribution in [-0.2, 0) is 13.1 Å². The van der Waals surface area contributed by atoms with Gasteiger partial charge in [0.15, 0.2) is 0 Å². The molecular weight excluding hydrogens is 392 g/mol. The smallest absolute Gasteiger partial charge is 0.253 e. The van der Waals surface area contributed by atoms with Crippen molar-refractivity contribution in [1.29, 1.82) is 0 Å². The van der Waals surface area contributed by atoms with E-state index in [0.29, 0.717) is 35.8 Å². The first-order valence-electron chi connectivity index (χ1n) is 10.4. The van der Waals surface area contributed by atoms with Crippen molar-refractivity contribution in [3.05, 3.63) is 71.8 Å². The summed E-state index contributed by atoms with van der Waals surface area (Å²) in [6.07, 6.45) is 2.36. The van der Waals surface area contributed by atoms with E-state index in [2.05, 4.69) is 26.3 Å². The maximum atomic E-state index is 6.08. The molecular formula is C24H24N4O3. The van der Waals surface area contributed by atoms with Crippen LogP contribution in [0.1, 0.15) is 30.1 Å². The molecule has 1 aliphatic rings. The predicted molar refractivity (Wildman–Crippen MR) is 115 cm³/mol. The highest BCUT2D eigenvalue weighted by molar-refractivity contribution is 5.77. The molecule has 1 aliphatic carbocycles. The van der Waals surface area contributed by atoms with Gasteiger partial charge >= 0.3 is 0 Å². The average molecular weight is 416 g/mol. The van der Waals surface area contributed by atoms with Gasteiger partial charge in [0, 0.05) is 23.7 Å². The number of nitrogens with zero attached hydrogens (tertiary/aromatic N) is 4. The third kappa shape index (κ3) is 4.09. The van der Waals surface area contributed by atoms with Crippen LogP contribution in [0.5, 0.6) is 5.75 Å². The maximum Gasteiger partial charge on any atom is 0.253 e. The van der Waals surface area contributed by atoms with Gasteiger partial charge in [-0.25, -0.2) is 0 Å². The highest BCUT2D eigenvalue weighted by Gasteiger charge is 2.31. The Hall–Kier alpha value is -3.45. The van der Waals surface area contributed by atoms with Crippen LogP contribution in [0, 0.1) is 6.92 Å². The van der Waals surface area contributed by atoms with Crippen LogP contribution in [0.3, 0.4) is 0 Å². The Bertz CT molecular complexity index is 1160. The summed E-state index contributed by atoms with van der Waals surface area (Å²) in [7, 11) is 1.70. The third-order valence-corrected chi connectivity index (χ3v) is 5.56. The summed E-state index contributed by atoms with van der Waals surface area (Å²) >= 11 is 0. The van der Waals surface area contributed by atoms with Crippen LogP contribution in [0.4, 0.5) is 0 Å². The normalized spacial score (nSPS) is 13.6. The Balaban J connectivity index is 1.39. The van der Waals surface area contributed by atoms with E-state index >= 15 is 0 Å². The second-order valence-corrected chi connectivity index (χ2v) is 7.78. The Morgan fingerprint density at radius 3 is 2.55 bits per heavy atom. The minimum atomic E-state index is 0.431. The van der Waals surface area contributed by atoms with E-state index < -0.39 is 0 Å². The molecule has 1 fully saturated rings. The third-order valence-electron chi connectivity index (χ3n) is 5.56. The highest BCUT2D eigenvalue weighted by Crippen LogP contribution is 2.35. The van der Waals surface area contributed by atoms with Gasteiger partial charge in [0.25, 0.3) is 5.89 Å². The van der Waals surface area contributed by atoms with Gasteiger partial charge in [-0.1, -0.05) is 53.7 Å². The molecule has 0 atom stereocenters. The second-order valence-electron chi connectivity index (χ2n) is 7.78. The molecule has 0 saturated heterocycles. The van der Waals surface area contributed by atoms with Crippen molar-refractivity contribution >= 4 is 0 Å². The van der Waals surface area contributed by atoms with Gasteiger partial charge in [0.05, 0.1) is 13.7 Å². The monoisotopic (exact) mass is 416 g/mol. The molecule has 31 heavy (non-hydrogen) atoms. The molecule has 0 N–H and O–H groups in total. The van der Waals surface area contributed by atoms with Gasteiger partial charge < -0.3 is 13.7 Å². The molecule has 2 aromatic heterocycles. The first-order valence-corrected chi connectivity index (χ1v) is 10.4. The molecule has 1 saturated carbocycles. The Morgan fingerprint density at radius 1 is 1.00 bits per heavy atom. The first kappa shape index (κ1) is 19.5. The van der Waals surface area contributed by atoms with E-state index in [9.17, 15) is 0 Å². The summed E-state index contributed by atoms with van der Waals surface area (Å²) < 4.78 is 17.0. The zero-order valence-corrected chi connectivity index (χ0v) is 17.6. The van der Waals surface area contributed by atoms with Crippen LogP contribution in [0.25, 0.3) is 22.7 Å². The standard InChI is InChI=1S/C24H24N4O3/c1-16-22(23(27-31-16)17-8-4-3-5-9-17)24-26-25-21(30-24)15-28(19-12-13-19)14-18-10-6-7-11-20(18)29-2/h3-11,19H,12-15H2,1-2H3. The van der Waals surface area contributed by atoms with Crippen LogP contribution in [0.15, 0.2) is 63.5 Å². The average Bonchev–Trinajstić information content (AvgIpc) is 3.44. The number of ether oxygens (including phenoxy) is 1. The molecule has 0 aliphatic heterocycles. The molecule has 0 bridgehead atoms. The van der Waals surface area contributed by atoms with Crippen molar-refractivity contribution < 1.29 is 13.7 Å². The van der Waals surface area contributed by atoms with E-state index in [0.717, 1.165) is 29.0 Å². The van der Waals surface area contributed by atoms with E-state index in [1.54, 1.807) is 7.11 Å². The summed E-state index contributed by atoms with van der Waals surface area (Å²) in [5.74, 6) is 2.56. The lowest BCUT2D eigenvalue weighted by atomic mass is 10.1. The van der Waals surface area contributed by atoms with E-state index in [4.69, 9.17) is 13.7 Å². The molecule has 4 aromatic rings. The van der Waals surface area contributed by atoms with Crippen molar-refractivity contribution in [2.45, 2.75) is 38.9 Å². The first-order chi connectivity index (χ1) is 15.2. The lowest BCUT2D eigenvalue weighted by Crippen LogP contribution is -2.25. The summed E-state index contributed by atoms with van der Waals surface area (Å²) in [5, 5.41) is 12.9. The Labute approximate surface area is 180 Å². The van der Waals surface area contributed by atoms with Gasteiger partial charge in [-0.15, -0.1) is 10.2 Å². The zero-order valence-electron chi connectivity index (χ0n) is 17.6. The molecule has 158 valence electrons. The van der Waals surface area contributed by atoms with Gasteiger partial charge in [-0.3, -0.25) is 4.90 Å². The lowest BCUT2D eigenvalue weighted by molar-refractivity contribution is 0.218. The Kier molecular flexibility index (Phi) is 5.26. The fourth-order valence-corrected chi connectivity index (χ4v) is 3.82. The molecule has 0 amide bonds. The van der Waals surface area contributed by atoms with Gasteiger partial charge in [0.1, 0.15) is 22.8 Å². The maximum absolute atomic E-state index is 6.08. The topological polar surface area (TPSA) is 77.4 Å². The van der Waals surface area contributed by atoms with Crippen LogP contribution >= 0.6 is 0 Å². The van der Waals surface area contributed by atoms with Crippen molar-refractivity contribution in [2.24, 2.45) is 0 Å². The summed E-state index contributed by atoms with van der Waals surface area (Å²) in [6.45, 7) is 3.21. The SMILES string of the molecule is COc1ccccc1CN(Cc1nnc(-c2c(-c3ccccc3)noc2C)o1)C1CC1. The second kappa shape index (κ2) is 8.35. The molecule has 0 radical (unpaired) electrons. The van der Waals surface area contributed by atoms with E-state index in [1.165, 1.54) is 12.8 Å². The van der Waals surface area contributed by atoms with Gasteiger partial charge in [-0.2, -0.15) is 0 Å². The number of aromatic nitrogens is 3. The van der Waals surface area contributed by atoms with Crippen molar-refractivity contribution in [3.63, 3.8) is 0 Å². The minimum absolute atomic E-state index is 0.431. The number of methoxy groups -OCH3 is 1. The molecule has 0 spiro atoms. The number of hydrogen-bond donors (Lipinski definition) is 0. The molecule has 7 heteroatoms. The van der Waals surface area contributed by atoms with Crippen molar-refractivity contribution in [2.75, 3.05) is 7.11 Å². The molecule has 2 heterocycles. The summed E-state index contributed by atoms with van der Waals surface area (Å²) in [6, 6.07) is 18.5. The summed E-state index contributed by atoms with van der Waals surface area (Å²) in [5.41, 5.74) is 3.55. The number of para-hydroxylation sites is 1. The fourth-order valence-electron chi connectivity index (χ4n) is 3.82. The van der Waals surface area contributed by atoms with E-state index in [1.807, 2.05) is 55.5 Å². The Morgan fingerprint density at radius 2 is 1.77 bits per heavy atom.